The molecule has 3 unspecified atom stereocenters. The molecular weight excluding hydrogens is 318 g/mol. The van der Waals surface area contributed by atoms with E-state index in [1.165, 1.54) is 6.42 Å². The van der Waals surface area contributed by atoms with Crippen LogP contribution in [-0.2, 0) is 9.47 Å². The molecule has 2 aliphatic rings. The van der Waals surface area contributed by atoms with E-state index in [0.29, 0.717) is 12.5 Å². The van der Waals surface area contributed by atoms with Crippen LogP contribution in [0.4, 0.5) is 0 Å². The SMILES string of the molecule is CN=C(NCC1CCCOC1C(C)(C)C)NCC1(CCO)CCOC1. The Balaban J connectivity index is 1.85. The second-order valence-electron chi connectivity index (χ2n) is 8.64. The predicted octanol–water partition coefficient (Wildman–Crippen LogP) is 1.78. The molecule has 3 N–H and O–H groups in total. The first-order chi connectivity index (χ1) is 11.9. The lowest BCUT2D eigenvalue weighted by atomic mass is 9.78. The van der Waals surface area contributed by atoms with E-state index in [-0.39, 0.29) is 23.5 Å². The minimum atomic E-state index is 0.0221. The number of aliphatic hydroxyl groups is 1. The molecule has 0 spiro atoms. The second-order valence-corrected chi connectivity index (χ2v) is 8.64. The molecule has 0 aliphatic carbocycles. The summed E-state index contributed by atoms with van der Waals surface area (Å²) in [7, 11) is 1.80. The minimum Gasteiger partial charge on any atom is -0.396 e. The minimum absolute atomic E-state index is 0.0221. The van der Waals surface area contributed by atoms with Gasteiger partial charge in [-0.05, 0) is 31.1 Å². The third-order valence-corrected chi connectivity index (χ3v) is 5.51. The lowest BCUT2D eigenvalue weighted by Crippen LogP contribution is -2.49. The van der Waals surface area contributed by atoms with Crippen molar-refractivity contribution in [2.75, 3.05) is 46.6 Å². The zero-order valence-corrected chi connectivity index (χ0v) is 16.4. The van der Waals surface area contributed by atoms with Gasteiger partial charge in [-0.2, -0.15) is 0 Å². The van der Waals surface area contributed by atoms with E-state index in [0.717, 1.165) is 51.5 Å². The van der Waals surface area contributed by atoms with Crippen molar-refractivity contribution in [3.63, 3.8) is 0 Å². The molecule has 0 saturated carbocycles. The summed E-state index contributed by atoms with van der Waals surface area (Å²) in [6, 6.07) is 0. The molecule has 25 heavy (non-hydrogen) atoms. The largest absolute Gasteiger partial charge is 0.396 e. The Morgan fingerprint density at radius 1 is 1.28 bits per heavy atom. The first-order valence-electron chi connectivity index (χ1n) is 9.65. The van der Waals surface area contributed by atoms with Gasteiger partial charge in [0.25, 0.3) is 0 Å². The highest BCUT2D eigenvalue weighted by Crippen LogP contribution is 2.34. The fourth-order valence-electron chi connectivity index (χ4n) is 4.04. The van der Waals surface area contributed by atoms with Crippen LogP contribution in [0.5, 0.6) is 0 Å². The number of hydrogen-bond acceptors (Lipinski definition) is 4. The highest BCUT2D eigenvalue weighted by atomic mass is 16.5. The number of nitrogens with zero attached hydrogens (tertiary/aromatic N) is 1. The Kier molecular flexibility index (Phi) is 7.52. The lowest BCUT2D eigenvalue weighted by Gasteiger charge is -2.40. The molecule has 146 valence electrons. The summed E-state index contributed by atoms with van der Waals surface area (Å²) in [6.45, 7) is 11.0. The average Bonchev–Trinajstić information content (AvgIpc) is 3.03. The summed E-state index contributed by atoms with van der Waals surface area (Å²) in [6.07, 6.45) is 4.34. The molecule has 3 atom stereocenters. The van der Waals surface area contributed by atoms with Crippen molar-refractivity contribution in [2.45, 2.75) is 52.6 Å². The van der Waals surface area contributed by atoms with Gasteiger partial charge in [-0.25, -0.2) is 0 Å². The van der Waals surface area contributed by atoms with Gasteiger partial charge in [0, 0.05) is 51.3 Å². The fourth-order valence-corrected chi connectivity index (χ4v) is 4.04. The van der Waals surface area contributed by atoms with E-state index in [9.17, 15) is 5.11 Å². The zero-order valence-electron chi connectivity index (χ0n) is 16.4. The summed E-state index contributed by atoms with van der Waals surface area (Å²) in [5.74, 6) is 1.32. The molecule has 0 aromatic rings. The summed E-state index contributed by atoms with van der Waals surface area (Å²) in [5.41, 5.74) is 0.171. The number of aliphatic hydroxyl groups excluding tert-OH is 1. The number of aliphatic imine (C=N–C) groups is 1. The van der Waals surface area contributed by atoms with Crippen molar-refractivity contribution in [2.24, 2.45) is 21.7 Å². The van der Waals surface area contributed by atoms with Crippen LogP contribution in [0.15, 0.2) is 4.99 Å². The summed E-state index contributed by atoms with van der Waals surface area (Å²) < 4.78 is 11.6. The van der Waals surface area contributed by atoms with Crippen molar-refractivity contribution in [1.29, 1.82) is 0 Å². The van der Waals surface area contributed by atoms with Gasteiger partial charge in [0.15, 0.2) is 5.96 Å². The Morgan fingerprint density at radius 2 is 2.08 bits per heavy atom. The van der Waals surface area contributed by atoms with E-state index in [1.54, 1.807) is 7.05 Å². The van der Waals surface area contributed by atoms with E-state index in [1.807, 2.05) is 0 Å². The van der Waals surface area contributed by atoms with Crippen molar-refractivity contribution < 1.29 is 14.6 Å². The zero-order chi connectivity index (χ0) is 18.3. The van der Waals surface area contributed by atoms with E-state index >= 15 is 0 Å². The summed E-state index contributed by atoms with van der Waals surface area (Å²) in [4.78, 5) is 4.36. The molecule has 0 radical (unpaired) electrons. The molecule has 2 aliphatic heterocycles. The quantitative estimate of drug-likeness (QED) is 0.500. The van der Waals surface area contributed by atoms with Gasteiger partial charge in [0.1, 0.15) is 0 Å². The smallest absolute Gasteiger partial charge is 0.191 e. The van der Waals surface area contributed by atoms with E-state index < -0.39 is 0 Å². The number of guanidine groups is 1. The number of hydrogen-bond donors (Lipinski definition) is 3. The number of ether oxygens (including phenoxy) is 2. The van der Waals surface area contributed by atoms with Crippen molar-refractivity contribution >= 4 is 5.96 Å². The van der Waals surface area contributed by atoms with E-state index in [2.05, 4.69) is 36.4 Å². The van der Waals surface area contributed by atoms with Crippen LogP contribution in [0.3, 0.4) is 0 Å². The molecule has 6 nitrogen and oxygen atoms in total. The first-order valence-corrected chi connectivity index (χ1v) is 9.65. The maximum Gasteiger partial charge on any atom is 0.191 e. The molecule has 0 aromatic heterocycles. The van der Waals surface area contributed by atoms with Crippen LogP contribution in [0, 0.1) is 16.7 Å². The van der Waals surface area contributed by atoms with Crippen molar-refractivity contribution in [1.82, 2.24) is 10.6 Å². The third kappa shape index (κ3) is 5.83. The molecule has 2 heterocycles. The molecule has 0 aromatic carbocycles. The molecule has 0 bridgehead atoms. The molecule has 2 saturated heterocycles. The lowest BCUT2D eigenvalue weighted by molar-refractivity contribution is -0.0835. The highest BCUT2D eigenvalue weighted by molar-refractivity contribution is 5.79. The van der Waals surface area contributed by atoms with Gasteiger partial charge in [0.2, 0.25) is 0 Å². The van der Waals surface area contributed by atoms with Crippen LogP contribution in [-0.4, -0.2) is 63.7 Å². The van der Waals surface area contributed by atoms with Crippen molar-refractivity contribution in [3.05, 3.63) is 0 Å². The third-order valence-electron chi connectivity index (χ3n) is 5.51. The maximum absolute atomic E-state index is 9.35. The van der Waals surface area contributed by atoms with Gasteiger partial charge >= 0.3 is 0 Å². The van der Waals surface area contributed by atoms with Gasteiger partial charge < -0.3 is 25.2 Å². The second kappa shape index (κ2) is 9.19. The van der Waals surface area contributed by atoms with Crippen LogP contribution in [0.25, 0.3) is 0 Å². The van der Waals surface area contributed by atoms with Crippen LogP contribution in [0.1, 0.15) is 46.5 Å². The predicted molar refractivity (Wildman–Crippen MR) is 101 cm³/mol. The number of nitrogens with one attached hydrogen (secondary N) is 2. The summed E-state index contributed by atoms with van der Waals surface area (Å²) in [5, 5.41) is 16.3. The topological polar surface area (TPSA) is 75.1 Å². The van der Waals surface area contributed by atoms with E-state index in [4.69, 9.17) is 9.47 Å². The van der Waals surface area contributed by atoms with Gasteiger partial charge in [0.05, 0.1) is 12.7 Å². The highest BCUT2D eigenvalue weighted by Gasteiger charge is 2.36. The monoisotopic (exact) mass is 355 g/mol. The molecule has 6 heteroatoms. The molecule has 0 amide bonds. The van der Waals surface area contributed by atoms with Crippen LogP contribution < -0.4 is 10.6 Å². The Labute approximate surface area is 152 Å². The number of rotatable bonds is 6. The van der Waals surface area contributed by atoms with Gasteiger partial charge in [-0.1, -0.05) is 20.8 Å². The van der Waals surface area contributed by atoms with Crippen LogP contribution in [0.2, 0.25) is 0 Å². The Morgan fingerprint density at radius 3 is 2.68 bits per heavy atom. The normalized spacial score (nSPS) is 31.2. The van der Waals surface area contributed by atoms with Gasteiger partial charge in [-0.3, -0.25) is 4.99 Å². The van der Waals surface area contributed by atoms with Gasteiger partial charge in [-0.15, -0.1) is 0 Å². The first kappa shape index (κ1) is 20.5. The molecule has 2 fully saturated rings. The fraction of sp³-hybridized carbons (Fsp3) is 0.947. The van der Waals surface area contributed by atoms with Crippen LogP contribution >= 0.6 is 0 Å². The molecule has 2 rings (SSSR count). The summed E-state index contributed by atoms with van der Waals surface area (Å²) >= 11 is 0. The molecular formula is C19H37N3O3. The standard InChI is InChI=1S/C19H37N3O3/c1-18(2,3)16-15(6-5-10-25-16)12-21-17(20-4)22-13-19(7-9-23)8-11-24-14-19/h15-16,23H,5-14H2,1-4H3,(H2,20,21,22). The Bertz CT molecular complexity index is 428. The maximum atomic E-state index is 9.35. The van der Waals surface area contributed by atoms with Crippen molar-refractivity contribution in [3.8, 4) is 0 Å². The Hall–Kier alpha value is -0.850. The average molecular weight is 356 g/mol.